The molecule has 2 aromatic rings. The summed E-state index contributed by atoms with van der Waals surface area (Å²) in [5, 5.41) is 14.5. The number of rotatable bonds is 5. The van der Waals surface area contributed by atoms with Crippen molar-refractivity contribution in [1.82, 2.24) is 0 Å². The van der Waals surface area contributed by atoms with E-state index in [1.807, 2.05) is 6.07 Å². The van der Waals surface area contributed by atoms with Crippen molar-refractivity contribution >= 4 is 38.9 Å². The highest BCUT2D eigenvalue weighted by Crippen LogP contribution is 2.29. The van der Waals surface area contributed by atoms with Gasteiger partial charge in [0.2, 0.25) is 0 Å². The van der Waals surface area contributed by atoms with Gasteiger partial charge in [-0.15, -0.1) is 11.3 Å². The first-order valence-corrected chi connectivity index (χ1v) is 7.88. The van der Waals surface area contributed by atoms with E-state index < -0.39 is 5.97 Å². The lowest BCUT2D eigenvalue weighted by Gasteiger charge is -2.25. The highest BCUT2D eigenvalue weighted by atomic mass is 79.9. The molecule has 5 heteroatoms. The van der Waals surface area contributed by atoms with Crippen molar-refractivity contribution in [2.75, 3.05) is 11.9 Å². The summed E-state index contributed by atoms with van der Waals surface area (Å²) in [6, 6.07) is 9.27. The van der Waals surface area contributed by atoms with Gasteiger partial charge in [-0.1, -0.05) is 35.8 Å². The van der Waals surface area contributed by atoms with E-state index in [9.17, 15) is 9.90 Å². The van der Waals surface area contributed by atoms with Crippen LogP contribution in [0.15, 0.2) is 40.2 Å². The van der Waals surface area contributed by atoms with Crippen molar-refractivity contribution in [2.45, 2.75) is 19.3 Å². The maximum atomic E-state index is 11.2. The first-order valence-electron chi connectivity index (χ1n) is 6.21. The summed E-state index contributed by atoms with van der Waals surface area (Å²) in [5.74, 6) is -0.922. The van der Waals surface area contributed by atoms with Crippen LogP contribution in [0.25, 0.3) is 0 Å². The molecule has 1 aromatic heterocycles. The van der Waals surface area contributed by atoms with Gasteiger partial charge in [0, 0.05) is 27.0 Å². The Balaban J connectivity index is 2.19. The molecule has 106 valence electrons. The van der Waals surface area contributed by atoms with Gasteiger partial charge in [0.05, 0.1) is 5.56 Å². The van der Waals surface area contributed by atoms with Crippen LogP contribution in [0.4, 0.5) is 5.69 Å². The number of hydrogen-bond donors (Lipinski definition) is 2. The molecule has 1 aromatic carbocycles. The molecule has 3 nitrogen and oxygen atoms in total. The molecule has 2 rings (SSSR count). The van der Waals surface area contributed by atoms with E-state index in [0.717, 1.165) is 4.47 Å². The van der Waals surface area contributed by atoms with Crippen LogP contribution in [0.5, 0.6) is 0 Å². The van der Waals surface area contributed by atoms with Gasteiger partial charge in [-0.25, -0.2) is 4.79 Å². The first-order chi connectivity index (χ1) is 9.40. The topological polar surface area (TPSA) is 49.3 Å². The fourth-order valence-electron chi connectivity index (χ4n) is 1.92. The normalized spacial score (nSPS) is 11.3. The standard InChI is InChI=1S/C15H16BrNO2S/c1-15(2,13-4-3-7-20-13)9-17-12-8-10(16)5-6-11(12)14(18)19/h3-8,17H,9H2,1-2H3,(H,18,19). The molecule has 20 heavy (non-hydrogen) atoms. The Bertz CT molecular complexity index is 608. The zero-order chi connectivity index (χ0) is 14.8. The molecule has 0 saturated heterocycles. The van der Waals surface area contributed by atoms with E-state index in [-0.39, 0.29) is 11.0 Å². The van der Waals surface area contributed by atoms with Crippen molar-refractivity contribution in [2.24, 2.45) is 0 Å². The van der Waals surface area contributed by atoms with E-state index in [1.54, 1.807) is 29.5 Å². The zero-order valence-corrected chi connectivity index (χ0v) is 13.7. The third-order valence-corrected chi connectivity index (χ3v) is 4.85. The minimum absolute atomic E-state index is 0.0493. The van der Waals surface area contributed by atoms with E-state index >= 15 is 0 Å². The Morgan fingerprint density at radius 3 is 2.75 bits per heavy atom. The summed E-state index contributed by atoms with van der Waals surface area (Å²) < 4.78 is 0.860. The molecular formula is C15H16BrNO2S. The number of anilines is 1. The molecule has 2 N–H and O–H groups in total. The summed E-state index contributed by atoms with van der Waals surface area (Å²) in [4.78, 5) is 12.5. The summed E-state index contributed by atoms with van der Waals surface area (Å²) >= 11 is 5.09. The number of benzene rings is 1. The average molecular weight is 354 g/mol. The number of thiophene rings is 1. The highest BCUT2D eigenvalue weighted by Gasteiger charge is 2.22. The minimum Gasteiger partial charge on any atom is -0.478 e. The van der Waals surface area contributed by atoms with E-state index in [4.69, 9.17) is 0 Å². The molecule has 0 amide bonds. The Labute approximate surface area is 130 Å². The number of carboxylic acids is 1. The molecule has 0 saturated carbocycles. The lowest BCUT2D eigenvalue weighted by atomic mass is 9.91. The second-order valence-corrected chi connectivity index (χ2v) is 7.07. The van der Waals surface area contributed by atoms with Gasteiger partial charge in [-0.2, -0.15) is 0 Å². The molecule has 0 atom stereocenters. The fourth-order valence-corrected chi connectivity index (χ4v) is 3.13. The van der Waals surface area contributed by atoms with Gasteiger partial charge >= 0.3 is 5.97 Å². The van der Waals surface area contributed by atoms with Crippen LogP contribution in [-0.2, 0) is 5.41 Å². The zero-order valence-electron chi connectivity index (χ0n) is 11.3. The fraction of sp³-hybridized carbons (Fsp3) is 0.267. The predicted octanol–water partition coefficient (Wildman–Crippen LogP) is 4.60. The first kappa shape index (κ1) is 15.1. The van der Waals surface area contributed by atoms with Crippen LogP contribution in [-0.4, -0.2) is 17.6 Å². The number of aromatic carboxylic acids is 1. The number of nitrogens with one attached hydrogen (secondary N) is 1. The molecule has 0 fully saturated rings. The molecule has 0 spiro atoms. The molecule has 0 aliphatic carbocycles. The van der Waals surface area contributed by atoms with Crippen LogP contribution in [0.3, 0.4) is 0 Å². The molecule has 1 heterocycles. The van der Waals surface area contributed by atoms with Crippen molar-refractivity contribution in [3.8, 4) is 0 Å². The maximum absolute atomic E-state index is 11.2. The Hall–Kier alpha value is -1.33. The van der Waals surface area contributed by atoms with Crippen molar-refractivity contribution in [3.63, 3.8) is 0 Å². The summed E-state index contributed by atoms with van der Waals surface area (Å²) in [6.45, 7) is 4.96. The third kappa shape index (κ3) is 3.41. The van der Waals surface area contributed by atoms with Crippen LogP contribution >= 0.6 is 27.3 Å². The van der Waals surface area contributed by atoms with Crippen LogP contribution in [0.2, 0.25) is 0 Å². The quantitative estimate of drug-likeness (QED) is 0.825. The van der Waals surface area contributed by atoms with Gasteiger partial charge in [-0.3, -0.25) is 0 Å². The summed E-state index contributed by atoms with van der Waals surface area (Å²) in [7, 11) is 0. The van der Waals surface area contributed by atoms with Gasteiger partial charge in [-0.05, 0) is 29.6 Å². The van der Waals surface area contributed by atoms with Crippen molar-refractivity contribution in [3.05, 3.63) is 50.6 Å². The number of carbonyl (C=O) groups is 1. The molecule has 0 aliphatic heterocycles. The molecule has 0 radical (unpaired) electrons. The number of halogens is 1. The van der Waals surface area contributed by atoms with E-state index in [0.29, 0.717) is 12.2 Å². The van der Waals surface area contributed by atoms with Crippen LogP contribution in [0, 0.1) is 0 Å². The third-order valence-electron chi connectivity index (χ3n) is 3.12. The smallest absolute Gasteiger partial charge is 0.337 e. The Morgan fingerprint density at radius 2 is 2.15 bits per heavy atom. The lowest BCUT2D eigenvalue weighted by Crippen LogP contribution is -2.27. The largest absolute Gasteiger partial charge is 0.478 e. The molecule has 0 bridgehead atoms. The Kier molecular flexibility index (Phi) is 4.50. The van der Waals surface area contributed by atoms with E-state index in [1.165, 1.54) is 4.88 Å². The minimum atomic E-state index is -0.922. The maximum Gasteiger partial charge on any atom is 0.337 e. The van der Waals surface area contributed by atoms with Crippen molar-refractivity contribution in [1.29, 1.82) is 0 Å². The SMILES string of the molecule is CC(C)(CNc1cc(Br)ccc1C(=O)O)c1cccs1. The van der Waals surface area contributed by atoms with Gasteiger partial charge in [0.25, 0.3) is 0 Å². The van der Waals surface area contributed by atoms with Gasteiger partial charge in [0.1, 0.15) is 0 Å². The summed E-state index contributed by atoms with van der Waals surface area (Å²) in [6.07, 6.45) is 0. The summed E-state index contributed by atoms with van der Waals surface area (Å²) in [5.41, 5.74) is 0.874. The highest BCUT2D eigenvalue weighted by molar-refractivity contribution is 9.10. The molecular weight excluding hydrogens is 338 g/mol. The molecule has 0 aliphatic rings. The second-order valence-electron chi connectivity index (χ2n) is 5.21. The average Bonchev–Trinajstić information content (AvgIpc) is 2.90. The number of hydrogen-bond acceptors (Lipinski definition) is 3. The second kappa shape index (κ2) is 5.97. The lowest BCUT2D eigenvalue weighted by molar-refractivity contribution is 0.0698. The van der Waals surface area contributed by atoms with Crippen molar-refractivity contribution < 1.29 is 9.90 Å². The van der Waals surface area contributed by atoms with Gasteiger partial charge in [0.15, 0.2) is 0 Å². The van der Waals surface area contributed by atoms with Gasteiger partial charge < -0.3 is 10.4 Å². The molecule has 0 unspecified atom stereocenters. The van der Waals surface area contributed by atoms with Crippen LogP contribution < -0.4 is 5.32 Å². The number of carboxylic acid groups (broad SMARTS) is 1. The predicted molar refractivity (Wildman–Crippen MR) is 86.9 cm³/mol. The Morgan fingerprint density at radius 1 is 1.40 bits per heavy atom. The van der Waals surface area contributed by atoms with E-state index in [2.05, 4.69) is 46.5 Å². The monoisotopic (exact) mass is 353 g/mol. The van der Waals surface area contributed by atoms with Crippen LogP contribution in [0.1, 0.15) is 29.1 Å².